The number of aromatic nitrogens is 1. The van der Waals surface area contributed by atoms with Crippen LogP contribution in [-0.4, -0.2) is 55.0 Å². The summed E-state index contributed by atoms with van der Waals surface area (Å²) < 4.78 is 6.45. The van der Waals surface area contributed by atoms with Crippen LogP contribution in [0.15, 0.2) is 46.9 Å². The summed E-state index contributed by atoms with van der Waals surface area (Å²) in [7, 11) is 3.74. The second-order valence-electron chi connectivity index (χ2n) is 9.68. The quantitative estimate of drug-likeness (QED) is 0.255. The standard InChI is InChI=1S/C28H31BrClN3O3/c1-16(2)26(33(3)4)28(35)36-11-5-10-31-27(34)25-21-8-6-19(29)12-17(21)14-22(25)24-15-18-13-20(30)7-9-23(18)32-24/h6-9,12-13,15-16,26,32H,5,10-11,14H2,1-4H3,(H,31,34)/t26-/m0/s1. The van der Waals surface area contributed by atoms with E-state index >= 15 is 0 Å². The molecule has 1 aromatic heterocycles. The van der Waals surface area contributed by atoms with Crippen LogP contribution in [0.3, 0.4) is 0 Å². The number of allylic oxidation sites excluding steroid dienone is 1. The van der Waals surface area contributed by atoms with Crippen molar-refractivity contribution in [1.82, 2.24) is 15.2 Å². The lowest BCUT2D eigenvalue weighted by Gasteiger charge is -2.25. The van der Waals surface area contributed by atoms with Crippen molar-refractivity contribution in [3.63, 3.8) is 0 Å². The van der Waals surface area contributed by atoms with Crippen molar-refractivity contribution in [3.8, 4) is 0 Å². The Kier molecular flexibility index (Phi) is 8.23. The maximum Gasteiger partial charge on any atom is 0.323 e. The Morgan fingerprint density at radius 1 is 1.17 bits per heavy atom. The van der Waals surface area contributed by atoms with Crippen LogP contribution in [0, 0.1) is 5.92 Å². The number of carbonyl (C=O) groups is 2. The van der Waals surface area contributed by atoms with Crippen molar-refractivity contribution in [2.45, 2.75) is 32.7 Å². The SMILES string of the molecule is CC(C)[C@@H](C(=O)OCCCNC(=O)C1=C(c2cc3cc(Cl)ccc3[nH]2)Cc2cc(Br)ccc21)N(C)C. The molecule has 1 aliphatic rings. The molecule has 0 unspecified atom stereocenters. The highest BCUT2D eigenvalue weighted by molar-refractivity contribution is 9.10. The van der Waals surface area contributed by atoms with E-state index in [0.29, 0.717) is 30.0 Å². The summed E-state index contributed by atoms with van der Waals surface area (Å²) in [6, 6.07) is 13.5. The molecular weight excluding hydrogens is 542 g/mol. The molecule has 0 aliphatic heterocycles. The molecule has 0 saturated heterocycles. The monoisotopic (exact) mass is 571 g/mol. The summed E-state index contributed by atoms with van der Waals surface area (Å²) in [6.07, 6.45) is 1.19. The first-order valence-electron chi connectivity index (χ1n) is 12.1. The van der Waals surface area contributed by atoms with E-state index in [1.54, 1.807) is 0 Å². The van der Waals surface area contributed by atoms with E-state index in [9.17, 15) is 9.59 Å². The number of nitrogens with one attached hydrogen (secondary N) is 2. The van der Waals surface area contributed by atoms with E-state index in [4.69, 9.17) is 16.3 Å². The Balaban J connectivity index is 1.48. The Morgan fingerprint density at radius 2 is 1.94 bits per heavy atom. The number of nitrogens with zero attached hydrogens (tertiary/aromatic N) is 1. The number of ether oxygens (including phenoxy) is 1. The zero-order valence-electron chi connectivity index (χ0n) is 21.0. The first kappa shape index (κ1) is 26.5. The van der Waals surface area contributed by atoms with Crippen LogP contribution in [0.25, 0.3) is 22.0 Å². The van der Waals surface area contributed by atoms with Gasteiger partial charge in [-0.3, -0.25) is 14.5 Å². The molecule has 3 aromatic rings. The molecule has 1 aliphatic carbocycles. The Labute approximate surface area is 225 Å². The molecule has 0 fully saturated rings. The third kappa shape index (κ3) is 5.69. The zero-order valence-corrected chi connectivity index (χ0v) is 23.3. The number of aromatic amines is 1. The minimum absolute atomic E-state index is 0.137. The van der Waals surface area contributed by atoms with Gasteiger partial charge >= 0.3 is 5.97 Å². The summed E-state index contributed by atoms with van der Waals surface area (Å²) in [4.78, 5) is 31.1. The fourth-order valence-corrected chi connectivity index (χ4v) is 5.44. The van der Waals surface area contributed by atoms with Gasteiger partial charge in [-0.1, -0.05) is 47.4 Å². The van der Waals surface area contributed by atoms with Gasteiger partial charge in [-0.2, -0.15) is 0 Å². The predicted molar refractivity (Wildman–Crippen MR) is 149 cm³/mol. The topological polar surface area (TPSA) is 74.4 Å². The molecule has 0 spiro atoms. The minimum atomic E-state index is -0.284. The molecule has 2 N–H and O–H groups in total. The van der Waals surface area contributed by atoms with Crippen molar-refractivity contribution in [2.24, 2.45) is 5.92 Å². The summed E-state index contributed by atoms with van der Waals surface area (Å²) in [5, 5.41) is 4.70. The highest BCUT2D eigenvalue weighted by Crippen LogP contribution is 2.40. The normalized spacial score (nSPS) is 14.0. The number of likely N-dealkylation sites (N-methyl/N-ethyl adjacent to an activating group) is 1. The number of rotatable bonds is 9. The van der Waals surface area contributed by atoms with E-state index in [1.807, 2.05) is 69.2 Å². The van der Waals surface area contributed by atoms with E-state index in [2.05, 4.69) is 32.3 Å². The smallest absolute Gasteiger partial charge is 0.323 e. The summed E-state index contributed by atoms with van der Waals surface area (Å²) in [5.41, 5.74) is 5.52. The Bertz CT molecular complexity index is 1320. The fraction of sp³-hybridized carbons (Fsp3) is 0.357. The van der Waals surface area contributed by atoms with Crippen molar-refractivity contribution >= 4 is 61.5 Å². The number of hydrogen-bond acceptors (Lipinski definition) is 4. The molecule has 190 valence electrons. The first-order valence-corrected chi connectivity index (χ1v) is 13.2. The van der Waals surface area contributed by atoms with Crippen molar-refractivity contribution in [3.05, 3.63) is 68.8 Å². The maximum atomic E-state index is 13.4. The van der Waals surface area contributed by atoms with Crippen LogP contribution in [0.1, 0.15) is 37.1 Å². The largest absolute Gasteiger partial charge is 0.464 e. The number of carbonyl (C=O) groups excluding carboxylic acids is 2. The molecule has 8 heteroatoms. The van der Waals surface area contributed by atoms with E-state index in [1.165, 1.54) is 0 Å². The van der Waals surface area contributed by atoms with Crippen molar-refractivity contribution in [1.29, 1.82) is 0 Å². The Morgan fingerprint density at radius 3 is 2.67 bits per heavy atom. The highest BCUT2D eigenvalue weighted by Gasteiger charge is 2.29. The molecule has 1 heterocycles. The average molecular weight is 573 g/mol. The second kappa shape index (κ2) is 11.2. The number of halogens is 2. The molecule has 2 aromatic carbocycles. The van der Waals surface area contributed by atoms with Crippen LogP contribution < -0.4 is 5.32 Å². The number of amides is 1. The third-order valence-electron chi connectivity index (χ3n) is 6.42. The molecule has 0 saturated carbocycles. The van der Waals surface area contributed by atoms with Gasteiger partial charge in [-0.05, 0) is 79.5 Å². The molecule has 36 heavy (non-hydrogen) atoms. The summed E-state index contributed by atoms with van der Waals surface area (Å²) in [6.45, 7) is 4.66. The minimum Gasteiger partial charge on any atom is -0.464 e. The number of hydrogen-bond donors (Lipinski definition) is 2. The van der Waals surface area contributed by atoms with Gasteiger partial charge in [0.15, 0.2) is 0 Å². The molecule has 0 radical (unpaired) electrons. The van der Waals surface area contributed by atoms with Crippen LogP contribution in [0.4, 0.5) is 0 Å². The first-order chi connectivity index (χ1) is 17.2. The van der Waals surface area contributed by atoms with Gasteiger partial charge in [-0.15, -0.1) is 0 Å². The van der Waals surface area contributed by atoms with Crippen LogP contribution >= 0.6 is 27.5 Å². The molecular formula is C28H31BrClN3O3. The van der Waals surface area contributed by atoms with Gasteiger partial charge in [0.1, 0.15) is 6.04 Å². The van der Waals surface area contributed by atoms with Crippen molar-refractivity contribution in [2.75, 3.05) is 27.2 Å². The molecule has 0 bridgehead atoms. The molecule has 4 rings (SSSR count). The van der Waals surface area contributed by atoms with Crippen LogP contribution in [0.5, 0.6) is 0 Å². The van der Waals surface area contributed by atoms with Gasteiger partial charge in [0.05, 0.1) is 12.2 Å². The Hall–Kier alpha value is -2.61. The lowest BCUT2D eigenvalue weighted by molar-refractivity contribution is -0.150. The van der Waals surface area contributed by atoms with Gasteiger partial charge in [0, 0.05) is 39.1 Å². The number of H-pyrrole nitrogens is 1. The number of fused-ring (bicyclic) bond motifs is 2. The number of benzene rings is 2. The predicted octanol–water partition coefficient (Wildman–Crippen LogP) is 5.69. The van der Waals surface area contributed by atoms with Gasteiger partial charge in [0.25, 0.3) is 5.91 Å². The van der Waals surface area contributed by atoms with Crippen LogP contribution in [0.2, 0.25) is 5.02 Å². The van der Waals surface area contributed by atoms with Gasteiger partial charge in [-0.25, -0.2) is 0 Å². The third-order valence-corrected chi connectivity index (χ3v) is 7.15. The van der Waals surface area contributed by atoms with Crippen LogP contribution in [-0.2, 0) is 20.7 Å². The van der Waals surface area contributed by atoms with Crippen molar-refractivity contribution < 1.29 is 14.3 Å². The van der Waals surface area contributed by atoms with Gasteiger partial charge in [0.2, 0.25) is 0 Å². The molecule has 1 atom stereocenters. The lowest BCUT2D eigenvalue weighted by Crippen LogP contribution is -2.41. The van der Waals surface area contributed by atoms with E-state index in [0.717, 1.165) is 37.8 Å². The van der Waals surface area contributed by atoms with E-state index in [-0.39, 0.29) is 30.4 Å². The van der Waals surface area contributed by atoms with E-state index < -0.39 is 0 Å². The summed E-state index contributed by atoms with van der Waals surface area (Å²) in [5.74, 6) is -0.219. The molecule has 6 nitrogen and oxygen atoms in total. The summed E-state index contributed by atoms with van der Waals surface area (Å²) >= 11 is 9.73. The van der Waals surface area contributed by atoms with Gasteiger partial charge < -0.3 is 15.0 Å². The lowest BCUT2D eigenvalue weighted by atomic mass is 10.0. The zero-order chi connectivity index (χ0) is 26.0. The average Bonchev–Trinajstić information content (AvgIpc) is 3.38. The highest BCUT2D eigenvalue weighted by atomic mass is 79.9. The number of esters is 1. The fourth-order valence-electron chi connectivity index (χ4n) is 4.85. The second-order valence-corrected chi connectivity index (χ2v) is 11.0. The maximum absolute atomic E-state index is 13.4. The molecule has 1 amide bonds.